The number of aliphatic hydroxyl groups is 1. The fraction of sp³-hybridized carbons (Fsp3) is 1.00. The molecular weight excluding hydrogens is 144 g/mol. The number of rotatable bonds is 2. The fourth-order valence-corrected chi connectivity index (χ4v) is 2.36. The van der Waals surface area contributed by atoms with Crippen LogP contribution in [-0.4, -0.2) is 31.2 Å². The molecule has 1 N–H and O–H groups in total. The molecule has 2 fully saturated rings. The van der Waals surface area contributed by atoms with Crippen molar-refractivity contribution in [1.29, 1.82) is 0 Å². The summed E-state index contributed by atoms with van der Waals surface area (Å²) in [6, 6.07) is 0. The lowest BCUT2D eigenvalue weighted by atomic mass is 10.1. The quantitative estimate of drug-likeness (QED) is 0.590. The first-order valence-corrected chi connectivity index (χ1v) is 4.03. The first kappa shape index (κ1) is 7.53. The van der Waals surface area contributed by atoms with Gasteiger partial charge in [0.15, 0.2) is 5.79 Å². The van der Waals surface area contributed by atoms with Gasteiger partial charge in [0.2, 0.25) is 0 Å². The normalized spacial score (nSPS) is 45.5. The molecule has 1 unspecified atom stereocenters. The Morgan fingerprint density at radius 3 is 2.18 bits per heavy atom. The van der Waals surface area contributed by atoms with Crippen LogP contribution in [0.4, 0.5) is 0 Å². The summed E-state index contributed by atoms with van der Waals surface area (Å²) in [6.45, 7) is 0. The van der Waals surface area contributed by atoms with E-state index in [1.165, 1.54) is 0 Å². The van der Waals surface area contributed by atoms with Gasteiger partial charge in [0.1, 0.15) is 6.10 Å². The third-order valence-corrected chi connectivity index (χ3v) is 3.07. The molecule has 2 saturated carbocycles. The molecule has 3 heteroatoms. The van der Waals surface area contributed by atoms with E-state index in [4.69, 9.17) is 9.47 Å². The summed E-state index contributed by atoms with van der Waals surface area (Å²) in [4.78, 5) is 0. The molecule has 0 radical (unpaired) electrons. The zero-order valence-electron chi connectivity index (χ0n) is 6.91. The van der Waals surface area contributed by atoms with Crippen LogP contribution in [0.25, 0.3) is 0 Å². The molecule has 3 nitrogen and oxygen atoms in total. The third kappa shape index (κ3) is 0.789. The van der Waals surface area contributed by atoms with Crippen molar-refractivity contribution in [3.05, 3.63) is 0 Å². The van der Waals surface area contributed by atoms with Crippen molar-refractivity contribution in [2.45, 2.75) is 24.7 Å². The summed E-state index contributed by atoms with van der Waals surface area (Å²) in [7, 11) is 3.21. The molecule has 2 rings (SSSR count). The molecule has 64 valence electrons. The van der Waals surface area contributed by atoms with Gasteiger partial charge in [0.25, 0.3) is 0 Å². The van der Waals surface area contributed by atoms with Gasteiger partial charge in [0.05, 0.1) is 0 Å². The van der Waals surface area contributed by atoms with E-state index in [1.54, 1.807) is 14.2 Å². The predicted octanol–water partition coefficient (Wildman–Crippen LogP) is 0.376. The Labute approximate surface area is 66.3 Å². The van der Waals surface area contributed by atoms with Gasteiger partial charge in [-0.2, -0.15) is 0 Å². The van der Waals surface area contributed by atoms with Gasteiger partial charge in [-0.15, -0.1) is 0 Å². The Balaban J connectivity index is 2.19. The summed E-state index contributed by atoms with van der Waals surface area (Å²) in [5.41, 5.74) is 0. The summed E-state index contributed by atoms with van der Waals surface area (Å²) < 4.78 is 10.5. The number of ether oxygens (including phenoxy) is 2. The maximum Gasteiger partial charge on any atom is 0.197 e. The molecule has 11 heavy (non-hydrogen) atoms. The van der Waals surface area contributed by atoms with E-state index in [1.807, 2.05) is 0 Å². The molecule has 0 heterocycles. The standard InChI is InChI=1S/C8H14O3/c1-10-8(11-2)6-3-5(6)4-7(8)9/h5-7,9H,3-4H2,1-2H3/t5-,6-,7?/m1/s1. The van der Waals surface area contributed by atoms with Gasteiger partial charge in [0, 0.05) is 20.1 Å². The summed E-state index contributed by atoms with van der Waals surface area (Å²) in [6.07, 6.45) is 1.56. The number of hydrogen-bond donors (Lipinski definition) is 1. The zero-order chi connectivity index (χ0) is 8.06. The minimum absolute atomic E-state index is 0.429. The Morgan fingerprint density at radius 2 is 1.91 bits per heavy atom. The van der Waals surface area contributed by atoms with Crippen molar-refractivity contribution in [2.24, 2.45) is 11.8 Å². The van der Waals surface area contributed by atoms with E-state index in [0.717, 1.165) is 12.8 Å². The van der Waals surface area contributed by atoms with Crippen LogP contribution in [-0.2, 0) is 9.47 Å². The second kappa shape index (κ2) is 2.19. The Bertz CT molecular complexity index is 161. The van der Waals surface area contributed by atoms with Crippen LogP contribution < -0.4 is 0 Å². The van der Waals surface area contributed by atoms with Crippen LogP contribution in [0.1, 0.15) is 12.8 Å². The van der Waals surface area contributed by atoms with Gasteiger partial charge in [-0.25, -0.2) is 0 Å². The molecule has 2 aliphatic carbocycles. The highest BCUT2D eigenvalue weighted by Crippen LogP contribution is 2.59. The predicted molar refractivity (Wildman–Crippen MR) is 39.0 cm³/mol. The van der Waals surface area contributed by atoms with Crippen LogP contribution in [0, 0.1) is 11.8 Å². The van der Waals surface area contributed by atoms with Gasteiger partial charge >= 0.3 is 0 Å². The second-order valence-corrected chi connectivity index (χ2v) is 3.48. The Morgan fingerprint density at radius 1 is 1.27 bits per heavy atom. The first-order valence-electron chi connectivity index (χ1n) is 4.03. The van der Waals surface area contributed by atoms with Crippen molar-refractivity contribution in [3.8, 4) is 0 Å². The lowest BCUT2D eigenvalue weighted by Gasteiger charge is -2.31. The van der Waals surface area contributed by atoms with E-state index in [0.29, 0.717) is 11.8 Å². The Kier molecular flexibility index (Phi) is 1.50. The summed E-state index contributed by atoms with van der Waals surface area (Å²) in [5.74, 6) is 0.405. The van der Waals surface area contributed by atoms with E-state index >= 15 is 0 Å². The molecular formula is C8H14O3. The van der Waals surface area contributed by atoms with Crippen molar-refractivity contribution in [1.82, 2.24) is 0 Å². The molecule has 0 amide bonds. The lowest BCUT2D eigenvalue weighted by molar-refractivity contribution is -0.259. The lowest BCUT2D eigenvalue weighted by Crippen LogP contribution is -2.44. The molecule has 0 aromatic rings. The topological polar surface area (TPSA) is 38.7 Å². The van der Waals surface area contributed by atoms with Crippen molar-refractivity contribution in [2.75, 3.05) is 14.2 Å². The van der Waals surface area contributed by atoms with E-state index in [2.05, 4.69) is 0 Å². The fourth-order valence-electron chi connectivity index (χ4n) is 2.36. The summed E-state index contributed by atoms with van der Waals surface area (Å²) >= 11 is 0. The highest BCUT2D eigenvalue weighted by atomic mass is 16.7. The van der Waals surface area contributed by atoms with Gasteiger partial charge in [-0.05, 0) is 18.8 Å². The SMILES string of the molecule is COC1(OC)C(O)C[C@H]2C[C@H]21. The van der Waals surface area contributed by atoms with Crippen LogP contribution in [0.3, 0.4) is 0 Å². The number of fused-ring (bicyclic) bond motifs is 1. The molecule has 0 saturated heterocycles. The summed E-state index contributed by atoms with van der Waals surface area (Å²) in [5, 5.41) is 9.59. The molecule has 0 aliphatic heterocycles. The van der Waals surface area contributed by atoms with Crippen LogP contribution in [0.15, 0.2) is 0 Å². The highest BCUT2D eigenvalue weighted by molar-refractivity contribution is 5.08. The maximum absolute atomic E-state index is 9.59. The van der Waals surface area contributed by atoms with Crippen molar-refractivity contribution < 1.29 is 14.6 Å². The molecule has 0 spiro atoms. The van der Waals surface area contributed by atoms with Crippen molar-refractivity contribution in [3.63, 3.8) is 0 Å². The van der Waals surface area contributed by atoms with Crippen LogP contribution >= 0.6 is 0 Å². The molecule has 0 aromatic carbocycles. The van der Waals surface area contributed by atoms with Crippen LogP contribution in [0.5, 0.6) is 0 Å². The third-order valence-electron chi connectivity index (χ3n) is 3.07. The first-order chi connectivity index (χ1) is 5.24. The maximum atomic E-state index is 9.59. The van der Waals surface area contributed by atoms with Gasteiger partial charge < -0.3 is 14.6 Å². The number of methoxy groups -OCH3 is 2. The molecule has 3 atom stereocenters. The highest BCUT2D eigenvalue weighted by Gasteiger charge is 2.64. The monoisotopic (exact) mass is 158 g/mol. The second-order valence-electron chi connectivity index (χ2n) is 3.48. The minimum Gasteiger partial charge on any atom is -0.387 e. The number of hydrogen-bond acceptors (Lipinski definition) is 3. The smallest absolute Gasteiger partial charge is 0.197 e. The minimum atomic E-state index is -0.676. The number of aliphatic hydroxyl groups excluding tert-OH is 1. The molecule has 0 bridgehead atoms. The van der Waals surface area contributed by atoms with Crippen LogP contribution in [0.2, 0.25) is 0 Å². The van der Waals surface area contributed by atoms with E-state index < -0.39 is 11.9 Å². The van der Waals surface area contributed by atoms with E-state index in [9.17, 15) is 5.11 Å². The average Bonchev–Trinajstić information content (AvgIpc) is 2.68. The van der Waals surface area contributed by atoms with Crippen molar-refractivity contribution >= 4 is 0 Å². The average molecular weight is 158 g/mol. The van der Waals surface area contributed by atoms with E-state index in [-0.39, 0.29) is 0 Å². The van der Waals surface area contributed by atoms with Gasteiger partial charge in [-0.1, -0.05) is 0 Å². The van der Waals surface area contributed by atoms with Gasteiger partial charge in [-0.3, -0.25) is 0 Å². The largest absolute Gasteiger partial charge is 0.387 e. The molecule has 0 aromatic heterocycles. The molecule has 2 aliphatic rings. The zero-order valence-corrected chi connectivity index (χ0v) is 6.91. The Hall–Kier alpha value is -0.120.